The molecule has 0 spiro atoms. The molecule has 3 N–H and O–H groups in total. The molecule has 11 heteroatoms. The number of rotatable bonds is 6. The highest BCUT2D eigenvalue weighted by Gasteiger charge is 2.26. The third-order valence-electron chi connectivity index (χ3n) is 6.36. The van der Waals surface area contributed by atoms with Crippen LogP contribution in [0.5, 0.6) is 11.5 Å². The summed E-state index contributed by atoms with van der Waals surface area (Å²) in [5, 5.41) is 0.641. The number of nitrogen functional groups attached to an aromatic ring is 1. The minimum Gasteiger partial charge on any atom is -0.493 e. The summed E-state index contributed by atoms with van der Waals surface area (Å²) in [6.07, 6.45) is 2.37. The van der Waals surface area contributed by atoms with E-state index in [1.165, 1.54) is 4.31 Å². The molecule has 186 valence electrons. The fourth-order valence-corrected chi connectivity index (χ4v) is 5.00. The van der Waals surface area contributed by atoms with Crippen LogP contribution in [0.4, 0.5) is 17.5 Å². The van der Waals surface area contributed by atoms with Gasteiger partial charge in [0.15, 0.2) is 11.5 Å². The molecule has 0 bridgehead atoms. The Morgan fingerprint density at radius 2 is 1.97 bits per heavy atom. The lowest BCUT2D eigenvalue weighted by Gasteiger charge is -2.31. The first-order chi connectivity index (χ1) is 17.4. The van der Waals surface area contributed by atoms with Crippen LogP contribution in [0.25, 0.3) is 22.2 Å². The Morgan fingerprint density at radius 1 is 1.14 bits per heavy atom. The molecule has 1 atom stereocenters. The normalized spacial score (nSPS) is 13.8. The van der Waals surface area contributed by atoms with E-state index in [4.69, 9.17) is 20.2 Å². The van der Waals surface area contributed by atoms with Gasteiger partial charge in [-0.25, -0.2) is 9.19 Å². The zero-order valence-electron chi connectivity index (χ0n) is 20.1. The Bertz CT molecular complexity index is 1470. The molecule has 36 heavy (non-hydrogen) atoms. The second kappa shape index (κ2) is 9.59. The highest BCUT2D eigenvalue weighted by atomic mass is 32.2. The van der Waals surface area contributed by atoms with E-state index in [1.807, 2.05) is 36.4 Å². The predicted octanol–water partition coefficient (Wildman–Crippen LogP) is 3.43. The molecule has 10 nitrogen and oxygen atoms in total. The van der Waals surface area contributed by atoms with E-state index in [-0.39, 0.29) is 0 Å². The molecular formula is C25H26N6O4S. The summed E-state index contributed by atoms with van der Waals surface area (Å²) in [4.78, 5) is 16.1. The summed E-state index contributed by atoms with van der Waals surface area (Å²) >= 11 is -2.10. The summed E-state index contributed by atoms with van der Waals surface area (Å²) in [5.41, 5.74) is 11.3. The van der Waals surface area contributed by atoms with Gasteiger partial charge in [0.1, 0.15) is 5.82 Å². The fraction of sp³-hybridized carbons (Fsp3) is 0.240. The maximum absolute atomic E-state index is 11.6. The molecule has 1 aliphatic rings. The molecule has 3 heterocycles. The maximum atomic E-state index is 11.6. The van der Waals surface area contributed by atoms with E-state index < -0.39 is 11.3 Å². The van der Waals surface area contributed by atoms with Crippen LogP contribution in [0.15, 0.2) is 48.7 Å². The Balaban J connectivity index is 1.61. The highest BCUT2D eigenvalue weighted by Crippen LogP contribution is 2.45. The second-order valence-corrected chi connectivity index (χ2v) is 9.33. The lowest BCUT2D eigenvalue weighted by Crippen LogP contribution is -2.33. The van der Waals surface area contributed by atoms with Crippen LogP contribution in [0.3, 0.4) is 0 Å². The van der Waals surface area contributed by atoms with Crippen molar-refractivity contribution < 1.29 is 18.2 Å². The molecule has 0 fully saturated rings. The highest BCUT2D eigenvalue weighted by molar-refractivity contribution is 7.80. The van der Waals surface area contributed by atoms with Crippen LogP contribution in [-0.2, 0) is 24.2 Å². The van der Waals surface area contributed by atoms with E-state index in [1.54, 1.807) is 33.5 Å². The van der Waals surface area contributed by atoms with Crippen molar-refractivity contribution in [3.8, 4) is 22.8 Å². The Kier molecular flexibility index (Phi) is 6.33. The van der Waals surface area contributed by atoms with Crippen LogP contribution in [-0.4, -0.2) is 51.5 Å². The largest absolute Gasteiger partial charge is 0.493 e. The number of anilines is 3. The standard InChI is InChI=1S/C25H26N6O4S/c1-30(36(32)33)19-9-6-7-15-14-31(12-10-16(15)19)25-28-18-13-20(34-2)23(35-3)21(22(18)24(26)29-25)17-8-4-5-11-27-17/h4-9,11,13H,10,12,14H2,1-3H3,(H,32,33)(H2,26,28,29). The van der Waals surface area contributed by atoms with E-state index in [0.717, 1.165) is 16.8 Å². The molecule has 0 aliphatic carbocycles. The number of nitrogens with zero attached hydrogens (tertiary/aromatic N) is 5. The lowest BCUT2D eigenvalue weighted by molar-refractivity contribution is 0.357. The third-order valence-corrected chi connectivity index (χ3v) is 7.03. The molecule has 2 aromatic carbocycles. The van der Waals surface area contributed by atoms with Crippen LogP contribution < -0.4 is 24.4 Å². The zero-order chi connectivity index (χ0) is 25.4. The average Bonchev–Trinajstić information content (AvgIpc) is 2.91. The zero-order valence-corrected chi connectivity index (χ0v) is 21.0. The SMILES string of the molecule is COc1cc2nc(N3CCc4c(cccc4N(C)S(=O)O)C3)nc(N)c2c(-c2ccccn2)c1OC. The van der Waals surface area contributed by atoms with Crippen molar-refractivity contribution >= 4 is 39.6 Å². The number of benzene rings is 2. The van der Waals surface area contributed by atoms with Crippen molar-refractivity contribution in [3.63, 3.8) is 0 Å². The number of methoxy groups -OCH3 is 2. The third kappa shape index (κ3) is 4.06. The molecule has 2 aromatic heterocycles. The van der Waals surface area contributed by atoms with Gasteiger partial charge in [0.25, 0.3) is 11.3 Å². The number of fused-ring (bicyclic) bond motifs is 2. The van der Waals surface area contributed by atoms with Crippen LogP contribution in [0.2, 0.25) is 0 Å². The van der Waals surface area contributed by atoms with Gasteiger partial charge in [0, 0.05) is 32.4 Å². The predicted molar refractivity (Wildman–Crippen MR) is 141 cm³/mol. The first-order valence-electron chi connectivity index (χ1n) is 11.3. The van der Waals surface area contributed by atoms with Gasteiger partial charge >= 0.3 is 0 Å². The first kappa shape index (κ1) is 23.8. The van der Waals surface area contributed by atoms with E-state index in [2.05, 4.69) is 14.9 Å². The summed E-state index contributed by atoms with van der Waals surface area (Å²) in [6.45, 7) is 1.17. The molecular weight excluding hydrogens is 480 g/mol. The Morgan fingerprint density at radius 3 is 2.67 bits per heavy atom. The number of nitrogens with two attached hydrogens (primary N) is 1. The minimum absolute atomic E-state index is 0.312. The molecule has 0 saturated heterocycles. The van der Waals surface area contributed by atoms with E-state index in [0.29, 0.717) is 64.9 Å². The monoisotopic (exact) mass is 506 g/mol. The van der Waals surface area contributed by atoms with Crippen molar-refractivity contribution in [2.24, 2.45) is 0 Å². The smallest absolute Gasteiger partial charge is 0.261 e. The number of hydrogen-bond donors (Lipinski definition) is 2. The quantitative estimate of drug-likeness (QED) is 0.378. The van der Waals surface area contributed by atoms with Gasteiger partial charge in [0.05, 0.1) is 42.1 Å². The summed E-state index contributed by atoms with van der Waals surface area (Å²) in [5.74, 6) is 1.83. The Hall–Kier alpha value is -3.96. The molecule has 1 aliphatic heterocycles. The van der Waals surface area contributed by atoms with Gasteiger partial charge < -0.3 is 20.1 Å². The maximum Gasteiger partial charge on any atom is 0.261 e. The summed E-state index contributed by atoms with van der Waals surface area (Å²) < 4.78 is 33.8. The molecule has 0 amide bonds. The van der Waals surface area contributed by atoms with Crippen LogP contribution >= 0.6 is 0 Å². The van der Waals surface area contributed by atoms with Gasteiger partial charge in [-0.3, -0.25) is 13.8 Å². The summed E-state index contributed by atoms with van der Waals surface area (Å²) in [6, 6.07) is 13.1. The number of ether oxygens (including phenoxy) is 2. The Labute approximate surface area is 211 Å². The van der Waals surface area contributed by atoms with Crippen LogP contribution in [0.1, 0.15) is 11.1 Å². The van der Waals surface area contributed by atoms with E-state index >= 15 is 0 Å². The number of hydrogen-bond acceptors (Lipinski definition) is 8. The van der Waals surface area contributed by atoms with Gasteiger partial charge in [-0.2, -0.15) is 4.98 Å². The van der Waals surface area contributed by atoms with Gasteiger partial charge in [0.2, 0.25) is 5.95 Å². The average molecular weight is 507 g/mol. The van der Waals surface area contributed by atoms with Crippen molar-refractivity contribution in [2.45, 2.75) is 13.0 Å². The lowest BCUT2D eigenvalue weighted by atomic mass is 9.98. The molecule has 0 saturated carbocycles. The van der Waals surface area contributed by atoms with Gasteiger partial charge in [-0.1, -0.05) is 18.2 Å². The topological polar surface area (TPSA) is 127 Å². The van der Waals surface area contributed by atoms with Crippen molar-refractivity contribution in [1.82, 2.24) is 15.0 Å². The van der Waals surface area contributed by atoms with Crippen molar-refractivity contribution in [3.05, 3.63) is 59.8 Å². The van der Waals surface area contributed by atoms with Crippen molar-refractivity contribution in [2.75, 3.05) is 42.8 Å². The molecule has 5 rings (SSSR count). The molecule has 4 aromatic rings. The number of pyridine rings is 1. The first-order valence-corrected chi connectivity index (χ1v) is 12.3. The fourth-order valence-electron chi connectivity index (χ4n) is 4.66. The van der Waals surface area contributed by atoms with Crippen LogP contribution in [0, 0.1) is 0 Å². The van der Waals surface area contributed by atoms with Gasteiger partial charge in [-0.15, -0.1) is 0 Å². The molecule has 0 radical (unpaired) electrons. The molecule has 1 unspecified atom stereocenters. The minimum atomic E-state index is -2.10. The van der Waals surface area contributed by atoms with Crippen molar-refractivity contribution in [1.29, 1.82) is 0 Å². The second-order valence-electron chi connectivity index (χ2n) is 8.32. The van der Waals surface area contributed by atoms with E-state index in [9.17, 15) is 8.76 Å². The number of aromatic nitrogens is 3. The van der Waals surface area contributed by atoms with Gasteiger partial charge in [-0.05, 0) is 35.7 Å². The summed E-state index contributed by atoms with van der Waals surface area (Å²) in [7, 11) is 4.75.